The minimum atomic E-state index is -0.103. The minimum Gasteiger partial charge on any atom is -0.331 e. The van der Waals surface area contributed by atoms with E-state index in [0.717, 1.165) is 18.5 Å². The maximum Gasteiger partial charge on any atom is 0.260 e. The Morgan fingerprint density at radius 3 is 2.85 bits per heavy atom. The number of carbonyl (C=O) groups excluding carboxylic acids is 1. The summed E-state index contributed by atoms with van der Waals surface area (Å²) in [5, 5.41) is 4.23. The lowest BCUT2D eigenvalue weighted by atomic mass is 10.0. The molecule has 0 aliphatic carbocycles. The van der Waals surface area contributed by atoms with Crippen LogP contribution in [0.4, 0.5) is 0 Å². The molecule has 3 rings (SSSR count). The van der Waals surface area contributed by atoms with Crippen LogP contribution in [0.2, 0.25) is 0 Å². The van der Waals surface area contributed by atoms with Crippen molar-refractivity contribution in [2.75, 3.05) is 0 Å². The average Bonchev–Trinajstić information content (AvgIpc) is 2.90. The number of hydrogen-bond acceptors (Lipinski definition) is 3. The van der Waals surface area contributed by atoms with E-state index < -0.39 is 0 Å². The van der Waals surface area contributed by atoms with Crippen LogP contribution in [0, 0.1) is 6.92 Å². The van der Waals surface area contributed by atoms with E-state index in [-0.39, 0.29) is 17.5 Å². The predicted octanol–water partition coefficient (Wildman–Crippen LogP) is 2.44. The van der Waals surface area contributed by atoms with Crippen molar-refractivity contribution >= 4 is 11.6 Å². The molecule has 1 amide bonds. The zero-order valence-electron chi connectivity index (χ0n) is 12.4. The van der Waals surface area contributed by atoms with Gasteiger partial charge in [-0.05, 0) is 46.6 Å². The first-order valence-corrected chi connectivity index (χ1v) is 7.05. The Balaban J connectivity index is 2.07. The van der Waals surface area contributed by atoms with E-state index >= 15 is 0 Å². The second-order valence-corrected chi connectivity index (χ2v) is 6.27. The van der Waals surface area contributed by atoms with Gasteiger partial charge in [-0.1, -0.05) is 0 Å². The molecule has 0 N–H and O–H groups in total. The van der Waals surface area contributed by atoms with Gasteiger partial charge < -0.3 is 4.90 Å². The van der Waals surface area contributed by atoms with Crippen LogP contribution < -0.4 is 0 Å². The summed E-state index contributed by atoms with van der Waals surface area (Å²) < 4.78 is 1.66. The zero-order valence-corrected chi connectivity index (χ0v) is 12.4. The highest BCUT2D eigenvalue weighted by Gasteiger charge is 2.41. The summed E-state index contributed by atoms with van der Waals surface area (Å²) in [7, 11) is 0. The molecule has 1 aliphatic heterocycles. The van der Waals surface area contributed by atoms with E-state index in [2.05, 4.69) is 30.9 Å². The van der Waals surface area contributed by atoms with Crippen molar-refractivity contribution in [3.05, 3.63) is 29.7 Å². The van der Waals surface area contributed by atoms with E-state index in [1.807, 2.05) is 24.1 Å². The van der Waals surface area contributed by atoms with Gasteiger partial charge in [0.05, 0.1) is 6.20 Å². The lowest BCUT2D eigenvalue weighted by molar-refractivity contribution is 0.0580. The average molecular weight is 272 g/mol. The monoisotopic (exact) mass is 272 g/mol. The molecule has 5 heteroatoms. The number of likely N-dealkylation sites (tertiary alicyclic amines) is 1. The first-order chi connectivity index (χ1) is 9.40. The molecule has 5 nitrogen and oxygen atoms in total. The number of fused-ring (bicyclic) bond motifs is 1. The molecule has 0 spiro atoms. The minimum absolute atomic E-state index is 0.0353. The first-order valence-electron chi connectivity index (χ1n) is 7.05. The van der Waals surface area contributed by atoms with Gasteiger partial charge in [-0.3, -0.25) is 4.79 Å². The van der Waals surface area contributed by atoms with Crippen LogP contribution in [-0.4, -0.2) is 37.0 Å². The van der Waals surface area contributed by atoms with Gasteiger partial charge in [0.1, 0.15) is 5.56 Å². The Kier molecular flexibility index (Phi) is 2.81. The fourth-order valence-corrected chi connectivity index (χ4v) is 3.12. The van der Waals surface area contributed by atoms with Crippen LogP contribution >= 0.6 is 0 Å². The molecule has 3 heterocycles. The van der Waals surface area contributed by atoms with E-state index in [1.54, 1.807) is 10.7 Å². The second kappa shape index (κ2) is 4.30. The third-order valence-electron chi connectivity index (χ3n) is 4.22. The zero-order chi connectivity index (χ0) is 14.5. The fraction of sp³-hybridized carbons (Fsp3) is 0.533. The standard InChI is InChI=1S/C15H20N4O/c1-10-6-8-18-13(17-10)12(9-16-18)14(20)19-11(2)5-7-15(19,3)4/h6,8-9,11H,5,7H2,1-4H3. The highest BCUT2D eigenvalue weighted by molar-refractivity contribution is 6.00. The number of amides is 1. The van der Waals surface area contributed by atoms with Gasteiger partial charge in [0.25, 0.3) is 5.91 Å². The molecule has 1 unspecified atom stereocenters. The van der Waals surface area contributed by atoms with Gasteiger partial charge in [-0.15, -0.1) is 0 Å². The molecule has 1 atom stereocenters. The molecule has 2 aromatic rings. The third-order valence-corrected chi connectivity index (χ3v) is 4.22. The van der Waals surface area contributed by atoms with Crippen LogP contribution in [0.15, 0.2) is 18.5 Å². The summed E-state index contributed by atoms with van der Waals surface area (Å²) >= 11 is 0. The van der Waals surface area contributed by atoms with Crippen molar-refractivity contribution in [3.63, 3.8) is 0 Å². The topological polar surface area (TPSA) is 50.5 Å². The van der Waals surface area contributed by atoms with Gasteiger partial charge in [-0.25, -0.2) is 9.50 Å². The molecule has 0 aromatic carbocycles. The number of nitrogens with zero attached hydrogens (tertiary/aromatic N) is 4. The molecule has 1 aliphatic rings. The van der Waals surface area contributed by atoms with Gasteiger partial charge >= 0.3 is 0 Å². The van der Waals surface area contributed by atoms with E-state index in [0.29, 0.717) is 11.2 Å². The molecule has 0 radical (unpaired) electrons. The highest BCUT2D eigenvalue weighted by atomic mass is 16.2. The molecule has 1 fully saturated rings. The summed E-state index contributed by atoms with van der Waals surface area (Å²) in [5.74, 6) is 0.0353. The normalized spacial score (nSPS) is 21.6. The smallest absolute Gasteiger partial charge is 0.260 e. The van der Waals surface area contributed by atoms with Gasteiger partial charge in [0.2, 0.25) is 0 Å². The van der Waals surface area contributed by atoms with Crippen molar-refractivity contribution in [1.29, 1.82) is 0 Å². The summed E-state index contributed by atoms with van der Waals surface area (Å²) in [6.45, 7) is 8.28. The van der Waals surface area contributed by atoms with E-state index in [4.69, 9.17) is 0 Å². The molecule has 1 saturated heterocycles. The van der Waals surface area contributed by atoms with Crippen LogP contribution in [0.25, 0.3) is 5.65 Å². The Morgan fingerprint density at radius 2 is 2.20 bits per heavy atom. The van der Waals surface area contributed by atoms with Gasteiger partial charge in [0.15, 0.2) is 5.65 Å². The first kappa shape index (κ1) is 13.1. The molecule has 0 bridgehead atoms. The second-order valence-electron chi connectivity index (χ2n) is 6.27. The Hall–Kier alpha value is -1.91. The quantitative estimate of drug-likeness (QED) is 0.801. The Labute approximate surface area is 118 Å². The fourth-order valence-electron chi connectivity index (χ4n) is 3.12. The van der Waals surface area contributed by atoms with Crippen LogP contribution in [0.5, 0.6) is 0 Å². The number of rotatable bonds is 1. The lowest BCUT2D eigenvalue weighted by Gasteiger charge is -2.34. The summed E-state index contributed by atoms with van der Waals surface area (Å²) in [6, 6.07) is 2.15. The maximum absolute atomic E-state index is 12.9. The maximum atomic E-state index is 12.9. The van der Waals surface area contributed by atoms with Crippen molar-refractivity contribution in [2.24, 2.45) is 0 Å². The molecule has 2 aromatic heterocycles. The summed E-state index contributed by atoms with van der Waals surface area (Å²) in [6.07, 6.45) is 5.55. The number of carbonyl (C=O) groups is 1. The van der Waals surface area contributed by atoms with E-state index in [9.17, 15) is 4.79 Å². The van der Waals surface area contributed by atoms with Crippen molar-refractivity contribution in [2.45, 2.75) is 52.1 Å². The van der Waals surface area contributed by atoms with Gasteiger partial charge in [-0.2, -0.15) is 5.10 Å². The highest BCUT2D eigenvalue weighted by Crippen LogP contribution is 2.34. The van der Waals surface area contributed by atoms with Crippen LogP contribution in [0.1, 0.15) is 49.7 Å². The summed E-state index contributed by atoms with van der Waals surface area (Å²) in [4.78, 5) is 19.3. The van der Waals surface area contributed by atoms with Crippen molar-refractivity contribution in [1.82, 2.24) is 19.5 Å². The van der Waals surface area contributed by atoms with Crippen molar-refractivity contribution in [3.8, 4) is 0 Å². The SMILES string of the molecule is Cc1ccn2ncc(C(=O)N3C(C)CCC3(C)C)c2n1. The third kappa shape index (κ3) is 1.88. The largest absolute Gasteiger partial charge is 0.331 e. The molecular weight excluding hydrogens is 252 g/mol. The molecular formula is C15H20N4O. The molecule has 0 saturated carbocycles. The van der Waals surface area contributed by atoms with Gasteiger partial charge in [0, 0.05) is 23.5 Å². The van der Waals surface area contributed by atoms with E-state index in [1.165, 1.54) is 0 Å². The number of hydrogen-bond donors (Lipinski definition) is 0. The lowest BCUT2D eigenvalue weighted by Crippen LogP contribution is -2.46. The number of aryl methyl sites for hydroxylation is 1. The van der Waals surface area contributed by atoms with Crippen molar-refractivity contribution < 1.29 is 4.79 Å². The molecule has 20 heavy (non-hydrogen) atoms. The Bertz CT molecular complexity index is 674. The van der Waals surface area contributed by atoms with Crippen LogP contribution in [0.3, 0.4) is 0 Å². The number of aromatic nitrogens is 3. The predicted molar refractivity (Wildman–Crippen MR) is 76.7 cm³/mol. The molecule has 106 valence electrons. The van der Waals surface area contributed by atoms with Crippen LogP contribution in [-0.2, 0) is 0 Å². The Morgan fingerprint density at radius 1 is 1.45 bits per heavy atom. The summed E-state index contributed by atoms with van der Waals surface area (Å²) in [5.41, 5.74) is 2.02.